The first-order chi connectivity index (χ1) is 13.6. The molecule has 0 aliphatic carbocycles. The summed E-state index contributed by atoms with van der Waals surface area (Å²) in [5, 5.41) is 13.5. The SMILES string of the molecule is Cc1ccc(-c2nc(CSc3nnc(Cc4ccc(Cl)cc4)n3C)cs2)cc1. The molecular formula is C21H19ClN4S2. The Kier molecular flexibility index (Phi) is 5.80. The Balaban J connectivity index is 1.41. The molecule has 0 saturated heterocycles. The van der Waals surface area contributed by atoms with Gasteiger partial charge in [0.1, 0.15) is 10.8 Å². The predicted molar refractivity (Wildman–Crippen MR) is 117 cm³/mol. The monoisotopic (exact) mass is 426 g/mol. The van der Waals surface area contributed by atoms with Gasteiger partial charge in [0.15, 0.2) is 5.16 Å². The average molecular weight is 427 g/mol. The van der Waals surface area contributed by atoms with Crippen LogP contribution in [0.15, 0.2) is 59.1 Å². The van der Waals surface area contributed by atoms with Gasteiger partial charge in [-0.15, -0.1) is 21.5 Å². The van der Waals surface area contributed by atoms with E-state index in [1.807, 2.05) is 35.9 Å². The number of rotatable bonds is 6. The minimum Gasteiger partial charge on any atom is -0.309 e. The molecule has 0 spiro atoms. The quantitative estimate of drug-likeness (QED) is 0.366. The Bertz CT molecular complexity index is 1070. The minimum absolute atomic E-state index is 0.732. The highest BCUT2D eigenvalue weighted by atomic mass is 35.5. The maximum absolute atomic E-state index is 5.96. The van der Waals surface area contributed by atoms with Crippen LogP contribution in [0.3, 0.4) is 0 Å². The molecule has 142 valence electrons. The lowest BCUT2D eigenvalue weighted by Crippen LogP contribution is -2.00. The molecule has 2 aromatic carbocycles. The van der Waals surface area contributed by atoms with Gasteiger partial charge in [-0.1, -0.05) is 65.3 Å². The molecule has 2 heterocycles. The smallest absolute Gasteiger partial charge is 0.191 e. The van der Waals surface area contributed by atoms with Crippen molar-refractivity contribution < 1.29 is 0 Å². The van der Waals surface area contributed by atoms with Crippen molar-refractivity contribution in [3.05, 3.63) is 81.6 Å². The Labute approximate surface area is 177 Å². The number of thioether (sulfide) groups is 1. The van der Waals surface area contributed by atoms with Gasteiger partial charge in [0, 0.05) is 35.2 Å². The number of aryl methyl sites for hydroxylation is 1. The lowest BCUT2D eigenvalue weighted by Gasteiger charge is -2.04. The van der Waals surface area contributed by atoms with Crippen molar-refractivity contribution in [3.63, 3.8) is 0 Å². The first kappa shape index (κ1) is 19.2. The van der Waals surface area contributed by atoms with E-state index in [1.54, 1.807) is 23.1 Å². The van der Waals surface area contributed by atoms with Crippen LogP contribution in [0.5, 0.6) is 0 Å². The number of nitrogens with zero attached hydrogens (tertiary/aromatic N) is 4. The number of halogens is 1. The molecule has 0 atom stereocenters. The van der Waals surface area contributed by atoms with E-state index in [-0.39, 0.29) is 0 Å². The fraction of sp³-hybridized carbons (Fsp3) is 0.190. The number of benzene rings is 2. The third kappa shape index (κ3) is 4.46. The molecule has 0 unspecified atom stereocenters. The molecule has 2 aromatic heterocycles. The highest BCUT2D eigenvalue weighted by Crippen LogP contribution is 2.28. The fourth-order valence-electron chi connectivity index (χ4n) is 2.75. The summed E-state index contributed by atoms with van der Waals surface area (Å²) < 4.78 is 2.05. The van der Waals surface area contributed by atoms with Crippen LogP contribution in [-0.4, -0.2) is 19.7 Å². The number of hydrogen-bond donors (Lipinski definition) is 0. The summed E-state index contributed by atoms with van der Waals surface area (Å²) in [6.07, 6.45) is 0.732. The van der Waals surface area contributed by atoms with E-state index in [0.717, 1.165) is 44.4 Å². The van der Waals surface area contributed by atoms with E-state index >= 15 is 0 Å². The van der Waals surface area contributed by atoms with Gasteiger partial charge >= 0.3 is 0 Å². The highest BCUT2D eigenvalue weighted by molar-refractivity contribution is 7.98. The molecule has 28 heavy (non-hydrogen) atoms. The van der Waals surface area contributed by atoms with E-state index in [9.17, 15) is 0 Å². The second-order valence-electron chi connectivity index (χ2n) is 6.56. The van der Waals surface area contributed by atoms with E-state index < -0.39 is 0 Å². The van der Waals surface area contributed by atoms with Crippen LogP contribution in [0, 0.1) is 6.92 Å². The van der Waals surface area contributed by atoms with Gasteiger partial charge < -0.3 is 4.57 Å². The van der Waals surface area contributed by atoms with Crippen molar-refractivity contribution in [1.82, 2.24) is 19.7 Å². The average Bonchev–Trinajstić information content (AvgIpc) is 3.30. The molecule has 7 heteroatoms. The van der Waals surface area contributed by atoms with Gasteiger partial charge in [0.05, 0.1) is 5.69 Å². The van der Waals surface area contributed by atoms with Gasteiger partial charge in [-0.05, 0) is 24.6 Å². The normalized spacial score (nSPS) is 11.1. The van der Waals surface area contributed by atoms with Crippen LogP contribution >= 0.6 is 34.7 Å². The van der Waals surface area contributed by atoms with Crippen molar-refractivity contribution in [2.75, 3.05) is 0 Å². The topological polar surface area (TPSA) is 43.6 Å². The summed E-state index contributed by atoms with van der Waals surface area (Å²) in [6.45, 7) is 2.09. The zero-order valence-electron chi connectivity index (χ0n) is 15.6. The Morgan fingerprint density at radius 3 is 2.54 bits per heavy atom. The molecule has 0 radical (unpaired) electrons. The summed E-state index contributed by atoms with van der Waals surface area (Å²) in [4.78, 5) is 4.77. The summed E-state index contributed by atoms with van der Waals surface area (Å²) >= 11 is 9.29. The van der Waals surface area contributed by atoms with E-state index in [1.165, 1.54) is 11.1 Å². The van der Waals surface area contributed by atoms with E-state index in [2.05, 4.69) is 46.8 Å². The second-order valence-corrected chi connectivity index (χ2v) is 8.80. The molecule has 0 aliphatic rings. The number of hydrogen-bond acceptors (Lipinski definition) is 5. The molecule has 0 N–H and O–H groups in total. The van der Waals surface area contributed by atoms with Crippen LogP contribution in [-0.2, 0) is 19.2 Å². The largest absolute Gasteiger partial charge is 0.309 e. The Morgan fingerprint density at radius 1 is 1.04 bits per heavy atom. The molecule has 4 nitrogen and oxygen atoms in total. The van der Waals surface area contributed by atoms with E-state index in [4.69, 9.17) is 16.6 Å². The molecule has 0 amide bonds. The van der Waals surface area contributed by atoms with Crippen molar-refractivity contribution in [1.29, 1.82) is 0 Å². The summed E-state index contributed by atoms with van der Waals surface area (Å²) in [5.41, 5.74) is 4.65. The molecule has 0 saturated carbocycles. The van der Waals surface area contributed by atoms with Crippen molar-refractivity contribution in [2.45, 2.75) is 24.3 Å². The summed E-state index contributed by atoms with van der Waals surface area (Å²) in [6, 6.07) is 16.3. The molecule has 4 aromatic rings. The van der Waals surface area contributed by atoms with Crippen LogP contribution in [0.4, 0.5) is 0 Å². The first-order valence-corrected chi connectivity index (χ1v) is 11.1. The fourth-order valence-corrected chi connectivity index (χ4v) is 4.63. The minimum atomic E-state index is 0.732. The van der Waals surface area contributed by atoms with Crippen molar-refractivity contribution in [3.8, 4) is 10.6 Å². The molecule has 4 rings (SSSR count). The van der Waals surface area contributed by atoms with Gasteiger partial charge in [-0.25, -0.2) is 4.98 Å². The molecule has 0 bridgehead atoms. The number of aromatic nitrogens is 4. The molecule has 0 fully saturated rings. The van der Waals surface area contributed by atoms with Gasteiger partial charge in [0.2, 0.25) is 0 Å². The third-order valence-electron chi connectivity index (χ3n) is 4.40. The summed E-state index contributed by atoms with van der Waals surface area (Å²) in [5.74, 6) is 1.71. The standard InChI is InChI=1S/C21H19ClN4S2/c1-14-3-7-16(8-4-14)20-23-18(12-27-20)13-28-21-25-24-19(26(21)2)11-15-5-9-17(22)10-6-15/h3-10,12H,11,13H2,1-2H3. The second kappa shape index (κ2) is 8.47. The molecular weight excluding hydrogens is 408 g/mol. The zero-order valence-corrected chi connectivity index (χ0v) is 18.0. The van der Waals surface area contributed by atoms with Crippen LogP contribution in [0.1, 0.15) is 22.6 Å². The van der Waals surface area contributed by atoms with Crippen LogP contribution in [0.2, 0.25) is 5.02 Å². The van der Waals surface area contributed by atoms with Gasteiger partial charge in [-0.2, -0.15) is 0 Å². The van der Waals surface area contributed by atoms with Crippen molar-refractivity contribution in [2.24, 2.45) is 7.05 Å². The third-order valence-corrected chi connectivity index (χ3v) is 6.65. The molecule has 0 aliphatic heterocycles. The van der Waals surface area contributed by atoms with Gasteiger partial charge in [-0.3, -0.25) is 0 Å². The first-order valence-electron chi connectivity index (χ1n) is 8.85. The van der Waals surface area contributed by atoms with Crippen LogP contribution < -0.4 is 0 Å². The number of thiazole rings is 1. The van der Waals surface area contributed by atoms with E-state index in [0.29, 0.717) is 0 Å². The lowest BCUT2D eigenvalue weighted by molar-refractivity contribution is 0.748. The summed E-state index contributed by atoms with van der Waals surface area (Å²) in [7, 11) is 2.01. The van der Waals surface area contributed by atoms with Crippen molar-refractivity contribution >= 4 is 34.7 Å². The zero-order chi connectivity index (χ0) is 19.5. The maximum atomic E-state index is 5.96. The predicted octanol–water partition coefficient (Wildman–Crippen LogP) is 5.78. The highest BCUT2D eigenvalue weighted by Gasteiger charge is 2.12. The Hall–Kier alpha value is -2.15. The van der Waals surface area contributed by atoms with Gasteiger partial charge in [0.25, 0.3) is 0 Å². The Morgan fingerprint density at radius 2 is 1.79 bits per heavy atom. The lowest BCUT2D eigenvalue weighted by atomic mass is 10.1. The maximum Gasteiger partial charge on any atom is 0.191 e. The van der Waals surface area contributed by atoms with Crippen LogP contribution in [0.25, 0.3) is 10.6 Å².